The van der Waals surface area contributed by atoms with E-state index < -0.39 is 0 Å². The third-order valence-corrected chi connectivity index (χ3v) is 2.40. The van der Waals surface area contributed by atoms with Gasteiger partial charge >= 0.3 is 0 Å². The fraction of sp³-hybridized carbons (Fsp3) is 0.357. The van der Waals surface area contributed by atoms with Gasteiger partial charge in [-0.25, -0.2) is 0 Å². The van der Waals surface area contributed by atoms with E-state index in [0.29, 0.717) is 11.6 Å². The lowest BCUT2D eigenvalue weighted by Crippen LogP contribution is -2.30. The molecule has 17 heavy (non-hydrogen) atoms. The van der Waals surface area contributed by atoms with Gasteiger partial charge in [-0.3, -0.25) is 4.79 Å². The van der Waals surface area contributed by atoms with Gasteiger partial charge in [-0.15, -0.1) is 0 Å². The number of hydrogen-bond donors (Lipinski definition) is 1. The number of nitrogens with one attached hydrogen (secondary N) is 1. The maximum Gasteiger partial charge on any atom is 0.267 e. The number of carbonyl (C=O) groups is 1. The van der Waals surface area contributed by atoms with Crippen molar-refractivity contribution in [3.05, 3.63) is 48.0 Å². The number of nitrogens with zero attached hydrogens (tertiary/aromatic N) is 1. The van der Waals surface area contributed by atoms with E-state index in [4.69, 9.17) is 0 Å². The van der Waals surface area contributed by atoms with Gasteiger partial charge in [0.2, 0.25) is 0 Å². The zero-order valence-corrected chi connectivity index (χ0v) is 10.9. The Bertz CT molecular complexity index is 414. The summed E-state index contributed by atoms with van der Waals surface area (Å²) in [6, 6.07) is 0. The maximum absolute atomic E-state index is 11.9. The summed E-state index contributed by atoms with van der Waals surface area (Å²) < 4.78 is 0. The van der Waals surface area contributed by atoms with Gasteiger partial charge in [0, 0.05) is 18.9 Å². The van der Waals surface area contributed by atoms with Crippen molar-refractivity contribution >= 4 is 5.91 Å². The minimum absolute atomic E-state index is 0.0996. The number of hydrogen-bond acceptors (Lipinski definition) is 2. The Kier molecular flexibility index (Phi) is 4.32. The quantitative estimate of drug-likeness (QED) is 0.758. The fourth-order valence-corrected chi connectivity index (χ4v) is 1.61. The number of likely N-dealkylation sites (N-methyl/N-ethyl adjacent to an activating group) is 1. The lowest BCUT2D eigenvalue weighted by atomic mass is 10.1. The van der Waals surface area contributed by atoms with Gasteiger partial charge in [0.25, 0.3) is 5.91 Å². The van der Waals surface area contributed by atoms with Crippen LogP contribution in [0, 0.1) is 5.92 Å². The first-order chi connectivity index (χ1) is 7.95. The van der Waals surface area contributed by atoms with Crippen LogP contribution in [0.15, 0.2) is 48.0 Å². The molecule has 1 aliphatic rings. The van der Waals surface area contributed by atoms with Crippen molar-refractivity contribution in [2.75, 3.05) is 7.05 Å². The Balaban J connectivity index is 3.05. The van der Waals surface area contributed by atoms with Gasteiger partial charge in [-0.2, -0.15) is 0 Å². The van der Waals surface area contributed by atoms with Gasteiger partial charge in [0.1, 0.15) is 5.70 Å². The zero-order chi connectivity index (χ0) is 13.0. The van der Waals surface area contributed by atoms with Crippen LogP contribution in [0.2, 0.25) is 0 Å². The number of carbonyl (C=O) groups excluding carboxylic acids is 1. The van der Waals surface area contributed by atoms with Crippen molar-refractivity contribution in [1.82, 2.24) is 10.2 Å². The first-order valence-corrected chi connectivity index (χ1v) is 5.74. The molecular formula is C14H20N2O. The van der Waals surface area contributed by atoms with Gasteiger partial charge in [-0.05, 0) is 30.6 Å². The highest BCUT2D eigenvalue weighted by Crippen LogP contribution is 2.21. The molecule has 3 heteroatoms. The monoisotopic (exact) mass is 232 g/mol. The Morgan fingerprint density at radius 3 is 2.65 bits per heavy atom. The van der Waals surface area contributed by atoms with Crippen LogP contribution in [0.3, 0.4) is 0 Å². The van der Waals surface area contributed by atoms with Crippen molar-refractivity contribution in [2.24, 2.45) is 5.92 Å². The maximum atomic E-state index is 11.9. The molecule has 0 atom stereocenters. The number of rotatable bonds is 3. The highest BCUT2D eigenvalue weighted by atomic mass is 16.2. The molecule has 1 amide bonds. The molecule has 1 rings (SSSR count). The third-order valence-electron chi connectivity index (χ3n) is 2.40. The van der Waals surface area contributed by atoms with Crippen LogP contribution >= 0.6 is 0 Å². The Labute approximate surface area is 103 Å². The predicted molar refractivity (Wildman–Crippen MR) is 70.9 cm³/mol. The molecule has 0 aromatic rings. The molecule has 0 aromatic carbocycles. The summed E-state index contributed by atoms with van der Waals surface area (Å²) in [6.45, 7) is 10.1. The number of allylic oxidation sites excluding steroid dienone is 4. The second-order valence-electron chi connectivity index (χ2n) is 4.44. The fourth-order valence-electron chi connectivity index (χ4n) is 1.61. The van der Waals surface area contributed by atoms with E-state index >= 15 is 0 Å². The summed E-state index contributed by atoms with van der Waals surface area (Å²) in [5.74, 6) is 0.202. The molecule has 0 aliphatic carbocycles. The minimum Gasteiger partial charge on any atom is -0.354 e. The van der Waals surface area contributed by atoms with E-state index in [1.165, 1.54) is 0 Å². The molecule has 0 aromatic heterocycles. The predicted octanol–water partition coefficient (Wildman–Crippen LogP) is 2.56. The molecule has 0 unspecified atom stereocenters. The van der Waals surface area contributed by atoms with E-state index in [1.54, 1.807) is 7.05 Å². The van der Waals surface area contributed by atoms with Gasteiger partial charge in [0.05, 0.1) is 0 Å². The van der Waals surface area contributed by atoms with E-state index in [0.717, 1.165) is 11.3 Å². The highest BCUT2D eigenvalue weighted by Gasteiger charge is 2.18. The summed E-state index contributed by atoms with van der Waals surface area (Å²) in [4.78, 5) is 13.7. The van der Waals surface area contributed by atoms with Crippen molar-refractivity contribution < 1.29 is 4.79 Å². The summed E-state index contributed by atoms with van der Waals surface area (Å²) in [7, 11) is 1.63. The Hall–Kier alpha value is -1.77. The molecule has 0 fully saturated rings. The van der Waals surface area contributed by atoms with Crippen LogP contribution in [-0.2, 0) is 4.79 Å². The van der Waals surface area contributed by atoms with Crippen LogP contribution in [-0.4, -0.2) is 17.9 Å². The molecule has 1 heterocycles. The second-order valence-corrected chi connectivity index (χ2v) is 4.44. The molecule has 0 bridgehead atoms. The topological polar surface area (TPSA) is 32.3 Å². The molecule has 0 spiro atoms. The molecule has 0 saturated carbocycles. The Morgan fingerprint density at radius 2 is 2.18 bits per heavy atom. The zero-order valence-electron chi connectivity index (χ0n) is 10.9. The van der Waals surface area contributed by atoms with Gasteiger partial charge in [0.15, 0.2) is 0 Å². The average Bonchev–Trinajstić information content (AvgIpc) is 2.25. The van der Waals surface area contributed by atoms with Crippen molar-refractivity contribution in [3.63, 3.8) is 0 Å². The van der Waals surface area contributed by atoms with E-state index in [9.17, 15) is 4.79 Å². The minimum atomic E-state index is -0.0996. The van der Waals surface area contributed by atoms with E-state index in [-0.39, 0.29) is 5.91 Å². The second kappa shape index (κ2) is 5.53. The van der Waals surface area contributed by atoms with Crippen molar-refractivity contribution in [2.45, 2.75) is 20.8 Å². The van der Waals surface area contributed by atoms with E-state index in [1.807, 2.05) is 50.1 Å². The van der Waals surface area contributed by atoms with Crippen LogP contribution in [0.5, 0.6) is 0 Å². The van der Waals surface area contributed by atoms with Crippen molar-refractivity contribution in [1.29, 1.82) is 0 Å². The van der Waals surface area contributed by atoms with Crippen LogP contribution in [0.4, 0.5) is 0 Å². The van der Waals surface area contributed by atoms with Gasteiger partial charge in [-0.1, -0.05) is 26.5 Å². The summed E-state index contributed by atoms with van der Waals surface area (Å²) in [5, 5.41) is 2.65. The van der Waals surface area contributed by atoms with Crippen LogP contribution in [0.1, 0.15) is 20.8 Å². The molecule has 1 N–H and O–H groups in total. The average molecular weight is 232 g/mol. The molecule has 3 nitrogen and oxygen atoms in total. The van der Waals surface area contributed by atoms with Crippen LogP contribution in [0.25, 0.3) is 0 Å². The standard InChI is InChI=1S/C14H20N2O/c1-10(2)8-13(14(17)15-5)16-7-6-11(3)9-12(16)4/h6-10H,4H2,1-3,5H3,(H,15,17). The first kappa shape index (κ1) is 13.3. The third kappa shape index (κ3) is 3.34. The lowest BCUT2D eigenvalue weighted by molar-refractivity contribution is -0.118. The molecule has 0 saturated heterocycles. The SMILES string of the molecule is C=C1C=C(C)C=CN1C(=CC(C)C)C(=O)NC. The summed E-state index contributed by atoms with van der Waals surface area (Å²) in [6.07, 6.45) is 7.73. The van der Waals surface area contributed by atoms with Crippen molar-refractivity contribution in [3.8, 4) is 0 Å². The summed E-state index contributed by atoms with van der Waals surface area (Å²) >= 11 is 0. The smallest absolute Gasteiger partial charge is 0.267 e. The first-order valence-electron chi connectivity index (χ1n) is 5.74. The molecule has 92 valence electrons. The number of amides is 1. The normalized spacial score (nSPS) is 16.3. The molecular weight excluding hydrogens is 212 g/mol. The Morgan fingerprint density at radius 1 is 1.53 bits per heavy atom. The summed E-state index contributed by atoms with van der Waals surface area (Å²) in [5.41, 5.74) is 2.56. The molecule has 1 aliphatic heterocycles. The largest absolute Gasteiger partial charge is 0.354 e. The van der Waals surface area contributed by atoms with Gasteiger partial charge < -0.3 is 10.2 Å². The van der Waals surface area contributed by atoms with E-state index in [2.05, 4.69) is 11.9 Å². The molecule has 0 radical (unpaired) electrons. The van der Waals surface area contributed by atoms with Crippen LogP contribution < -0.4 is 5.32 Å². The lowest BCUT2D eigenvalue weighted by Gasteiger charge is -2.26. The highest BCUT2D eigenvalue weighted by molar-refractivity contribution is 5.93.